The smallest absolute Gasteiger partial charge is 0.230 e. The van der Waals surface area contributed by atoms with Gasteiger partial charge in [-0.3, -0.25) is 0 Å². The summed E-state index contributed by atoms with van der Waals surface area (Å²) in [7, 11) is 0. The molecular formula is C23H23FN6O. The van der Waals surface area contributed by atoms with Crippen LogP contribution in [0, 0.1) is 31.0 Å². The van der Waals surface area contributed by atoms with Crippen LogP contribution in [0.4, 0.5) is 21.7 Å². The van der Waals surface area contributed by atoms with Crippen molar-refractivity contribution in [1.82, 2.24) is 15.3 Å². The first-order chi connectivity index (χ1) is 15.0. The van der Waals surface area contributed by atoms with Crippen LogP contribution in [-0.2, 0) is 0 Å². The molecule has 31 heavy (non-hydrogen) atoms. The van der Waals surface area contributed by atoms with Crippen molar-refractivity contribution < 1.29 is 9.13 Å². The molecule has 1 fully saturated rings. The predicted octanol–water partition coefficient (Wildman–Crippen LogP) is 4.05. The van der Waals surface area contributed by atoms with E-state index in [0.29, 0.717) is 34.5 Å². The normalized spacial score (nSPS) is 13.5. The minimum Gasteiger partial charge on any atom is -0.438 e. The molecule has 8 heteroatoms. The molecule has 1 aromatic heterocycles. The van der Waals surface area contributed by atoms with E-state index in [9.17, 15) is 4.39 Å². The number of anilines is 3. The lowest BCUT2D eigenvalue weighted by atomic mass is 10.1. The Labute approximate surface area is 180 Å². The standard InChI is InChI=1S/C23H23FN6O/c1-15-11-17(14-25)12-16(2)22(15)31-21-5-6-27-23(29-21)28-18-3-4-20(19(24)13-18)30-9-7-26-8-10-30/h3-6,11-13,26H,7-10H2,1-2H3,(H,27,28,29). The lowest BCUT2D eigenvalue weighted by Gasteiger charge is -2.29. The number of piperazine rings is 1. The van der Waals surface area contributed by atoms with E-state index in [0.717, 1.165) is 37.3 Å². The van der Waals surface area contributed by atoms with Gasteiger partial charge in [0.2, 0.25) is 11.8 Å². The van der Waals surface area contributed by atoms with Gasteiger partial charge < -0.3 is 20.3 Å². The largest absolute Gasteiger partial charge is 0.438 e. The molecule has 7 nitrogen and oxygen atoms in total. The van der Waals surface area contributed by atoms with Gasteiger partial charge in [-0.1, -0.05) is 0 Å². The second kappa shape index (κ2) is 8.98. The van der Waals surface area contributed by atoms with Crippen molar-refractivity contribution in [3.63, 3.8) is 0 Å². The Hall–Kier alpha value is -3.70. The number of hydrogen-bond donors (Lipinski definition) is 2. The molecule has 0 atom stereocenters. The van der Waals surface area contributed by atoms with Crippen LogP contribution in [0.5, 0.6) is 11.6 Å². The number of nitrogens with one attached hydrogen (secondary N) is 2. The third kappa shape index (κ3) is 4.73. The Bertz CT molecular complexity index is 1110. The number of halogens is 1. The van der Waals surface area contributed by atoms with E-state index < -0.39 is 0 Å². The van der Waals surface area contributed by atoms with E-state index in [1.165, 1.54) is 6.07 Å². The van der Waals surface area contributed by atoms with E-state index in [1.54, 1.807) is 30.5 Å². The summed E-state index contributed by atoms with van der Waals surface area (Å²) in [6.07, 6.45) is 1.57. The second-order valence-electron chi connectivity index (χ2n) is 7.40. The number of benzene rings is 2. The highest BCUT2D eigenvalue weighted by Crippen LogP contribution is 2.30. The average molecular weight is 418 g/mol. The maximum atomic E-state index is 14.7. The van der Waals surface area contributed by atoms with E-state index in [2.05, 4.69) is 26.7 Å². The first kappa shape index (κ1) is 20.6. The molecule has 158 valence electrons. The van der Waals surface area contributed by atoms with Gasteiger partial charge in [0.1, 0.15) is 11.6 Å². The summed E-state index contributed by atoms with van der Waals surface area (Å²) in [6.45, 7) is 7.01. The van der Waals surface area contributed by atoms with Gasteiger partial charge in [0, 0.05) is 44.1 Å². The summed E-state index contributed by atoms with van der Waals surface area (Å²) < 4.78 is 20.6. The van der Waals surface area contributed by atoms with Crippen LogP contribution < -0.4 is 20.3 Å². The molecule has 4 rings (SSSR count). The number of ether oxygens (including phenoxy) is 1. The van der Waals surface area contributed by atoms with Crippen molar-refractivity contribution in [1.29, 1.82) is 5.26 Å². The maximum Gasteiger partial charge on any atom is 0.230 e. The number of nitrogens with zero attached hydrogens (tertiary/aromatic N) is 4. The number of nitriles is 1. The van der Waals surface area contributed by atoms with E-state index >= 15 is 0 Å². The van der Waals surface area contributed by atoms with Gasteiger partial charge in [0.25, 0.3) is 0 Å². The highest BCUT2D eigenvalue weighted by Gasteiger charge is 2.15. The molecule has 2 aromatic carbocycles. The van der Waals surface area contributed by atoms with Gasteiger partial charge in [-0.15, -0.1) is 0 Å². The Morgan fingerprint density at radius 3 is 2.55 bits per heavy atom. The fraction of sp³-hybridized carbons (Fsp3) is 0.261. The van der Waals surface area contributed by atoms with Crippen molar-refractivity contribution >= 4 is 17.3 Å². The van der Waals surface area contributed by atoms with Crippen molar-refractivity contribution in [2.45, 2.75) is 13.8 Å². The summed E-state index contributed by atoms with van der Waals surface area (Å²) >= 11 is 0. The molecular weight excluding hydrogens is 395 g/mol. The van der Waals surface area contributed by atoms with Crippen LogP contribution in [0.3, 0.4) is 0 Å². The molecule has 1 aliphatic rings. The lowest BCUT2D eigenvalue weighted by molar-refractivity contribution is 0.455. The Kier molecular flexibility index (Phi) is 5.96. The minimum atomic E-state index is -0.289. The highest BCUT2D eigenvalue weighted by molar-refractivity contribution is 5.60. The molecule has 0 unspecified atom stereocenters. The van der Waals surface area contributed by atoms with Crippen molar-refractivity contribution in [3.8, 4) is 17.7 Å². The molecule has 2 heterocycles. The Morgan fingerprint density at radius 1 is 1.13 bits per heavy atom. The molecule has 0 radical (unpaired) electrons. The van der Waals surface area contributed by atoms with Crippen LogP contribution in [-0.4, -0.2) is 36.1 Å². The van der Waals surface area contributed by atoms with Crippen LogP contribution >= 0.6 is 0 Å². The van der Waals surface area contributed by atoms with Crippen molar-refractivity contribution in [2.24, 2.45) is 0 Å². The van der Waals surface area contributed by atoms with Crippen LogP contribution in [0.1, 0.15) is 16.7 Å². The number of aromatic nitrogens is 2. The molecule has 1 aliphatic heterocycles. The minimum absolute atomic E-state index is 0.289. The van der Waals surface area contributed by atoms with Gasteiger partial charge in [0.05, 0.1) is 17.3 Å². The molecule has 0 bridgehead atoms. The molecule has 0 aliphatic carbocycles. The van der Waals surface area contributed by atoms with Crippen LogP contribution in [0.15, 0.2) is 42.6 Å². The summed E-state index contributed by atoms with van der Waals surface area (Å²) in [5.74, 6) is 1.01. The second-order valence-corrected chi connectivity index (χ2v) is 7.40. The monoisotopic (exact) mass is 418 g/mol. The third-order valence-corrected chi connectivity index (χ3v) is 5.09. The predicted molar refractivity (Wildman–Crippen MR) is 118 cm³/mol. The van der Waals surface area contributed by atoms with Crippen LogP contribution in [0.25, 0.3) is 0 Å². The zero-order valence-electron chi connectivity index (χ0n) is 17.4. The molecule has 0 spiro atoms. The summed E-state index contributed by atoms with van der Waals surface area (Å²) in [6, 6.07) is 12.4. The summed E-state index contributed by atoms with van der Waals surface area (Å²) in [5.41, 5.74) is 3.42. The van der Waals surface area contributed by atoms with Crippen molar-refractivity contribution in [3.05, 3.63) is 65.1 Å². The number of rotatable bonds is 5. The Morgan fingerprint density at radius 2 is 1.87 bits per heavy atom. The summed E-state index contributed by atoms with van der Waals surface area (Å²) in [5, 5.41) is 15.4. The van der Waals surface area contributed by atoms with Gasteiger partial charge in [-0.05, 0) is 55.3 Å². The van der Waals surface area contributed by atoms with E-state index in [1.807, 2.05) is 24.8 Å². The van der Waals surface area contributed by atoms with Gasteiger partial charge in [-0.2, -0.15) is 10.2 Å². The third-order valence-electron chi connectivity index (χ3n) is 5.09. The number of hydrogen-bond acceptors (Lipinski definition) is 7. The topological polar surface area (TPSA) is 86.1 Å². The zero-order valence-corrected chi connectivity index (χ0v) is 17.4. The lowest BCUT2D eigenvalue weighted by Crippen LogP contribution is -2.43. The molecule has 0 amide bonds. The fourth-order valence-electron chi connectivity index (χ4n) is 3.62. The maximum absolute atomic E-state index is 14.7. The molecule has 0 saturated carbocycles. The first-order valence-corrected chi connectivity index (χ1v) is 10.1. The first-order valence-electron chi connectivity index (χ1n) is 10.1. The molecule has 1 saturated heterocycles. The summed E-state index contributed by atoms with van der Waals surface area (Å²) in [4.78, 5) is 10.6. The van der Waals surface area contributed by atoms with E-state index in [4.69, 9.17) is 10.00 Å². The highest BCUT2D eigenvalue weighted by atomic mass is 19.1. The van der Waals surface area contributed by atoms with Gasteiger partial charge >= 0.3 is 0 Å². The fourth-order valence-corrected chi connectivity index (χ4v) is 3.62. The quantitative estimate of drug-likeness (QED) is 0.646. The zero-order chi connectivity index (χ0) is 21.8. The van der Waals surface area contributed by atoms with Crippen LogP contribution in [0.2, 0.25) is 0 Å². The molecule has 2 N–H and O–H groups in total. The van der Waals surface area contributed by atoms with E-state index in [-0.39, 0.29) is 5.82 Å². The van der Waals surface area contributed by atoms with Crippen molar-refractivity contribution in [2.75, 3.05) is 36.4 Å². The molecule has 3 aromatic rings. The SMILES string of the molecule is Cc1cc(C#N)cc(C)c1Oc1ccnc(Nc2ccc(N3CCNCC3)c(F)c2)n1. The van der Waals surface area contributed by atoms with Gasteiger partial charge in [-0.25, -0.2) is 9.37 Å². The van der Waals surface area contributed by atoms with Gasteiger partial charge in [0.15, 0.2) is 0 Å². The number of aryl methyl sites for hydroxylation is 2. The Balaban J connectivity index is 1.50. The average Bonchev–Trinajstić information content (AvgIpc) is 2.77.